The Labute approximate surface area is 148 Å². The SMILES string of the molecule is CCO[Si](CCCC(CC(C)O[N+](=O)[O-])O[N+](=O)[O-])(OCC)OCC. The van der Waals surface area contributed by atoms with E-state index in [0.717, 1.165) is 0 Å². The Bertz CT molecular complexity index is 383. The molecule has 0 fully saturated rings. The van der Waals surface area contributed by atoms with Gasteiger partial charge in [-0.15, -0.1) is 20.2 Å². The summed E-state index contributed by atoms with van der Waals surface area (Å²) in [6, 6.07) is 0.477. The Hall–Kier alpha value is -1.50. The molecule has 0 spiro atoms. The van der Waals surface area contributed by atoms with Crippen LogP contribution in [0.15, 0.2) is 0 Å². The zero-order valence-corrected chi connectivity index (χ0v) is 16.2. The van der Waals surface area contributed by atoms with Gasteiger partial charge >= 0.3 is 8.80 Å². The van der Waals surface area contributed by atoms with Crippen molar-refractivity contribution in [3.63, 3.8) is 0 Å². The molecule has 0 aliphatic rings. The highest BCUT2D eigenvalue weighted by molar-refractivity contribution is 6.60. The maximum absolute atomic E-state index is 10.6. The summed E-state index contributed by atoms with van der Waals surface area (Å²) >= 11 is 0. The fourth-order valence-electron chi connectivity index (χ4n) is 2.44. The normalized spacial score (nSPS) is 13.9. The van der Waals surface area contributed by atoms with Gasteiger partial charge in [-0.25, -0.2) is 0 Å². The molecule has 0 heterocycles. The summed E-state index contributed by atoms with van der Waals surface area (Å²) in [5, 5.41) is 19.1. The Morgan fingerprint density at radius 3 is 1.80 bits per heavy atom. The van der Waals surface area contributed by atoms with Crippen LogP contribution < -0.4 is 0 Å². The lowest BCUT2D eigenvalue weighted by Gasteiger charge is -2.29. The Balaban J connectivity index is 4.71. The molecule has 0 bridgehead atoms. The van der Waals surface area contributed by atoms with Crippen molar-refractivity contribution in [1.82, 2.24) is 0 Å². The predicted octanol–water partition coefficient (Wildman–Crippen LogP) is 2.38. The van der Waals surface area contributed by atoms with Crippen molar-refractivity contribution in [3.05, 3.63) is 20.2 Å². The topological polar surface area (TPSA) is 132 Å². The number of rotatable bonds is 16. The standard InChI is InChI=1S/C13H28N2O9Si/c1-5-20-25(21-6-2,22-7-3)10-8-9-13(24-15(18)19)11-12(4)23-14(16)17/h12-13H,5-11H2,1-4H3. The summed E-state index contributed by atoms with van der Waals surface area (Å²) in [4.78, 5) is 30.0. The summed E-state index contributed by atoms with van der Waals surface area (Å²) in [5.41, 5.74) is 0. The summed E-state index contributed by atoms with van der Waals surface area (Å²) in [7, 11) is -2.83. The second-order valence-corrected chi connectivity index (χ2v) is 7.93. The highest BCUT2D eigenvalue weighted by Gasteiger charge is 2.40. The molecule has 2 unspecified atom stereocenters. The van der Waals surface area contributed by atoms with Gasteiger partial charge < -0.3 is 23.0 Å². The molecule has 0 amide bonds. The molecule has 0 N–H and O–H groups in total. The second kappa shape index (κ2) is 12.8. The van der Waals surface area contributed by atoms with Crippen LogP contribution in [0.4, 0.5) is 0 Å². The van der Waals surface area contributed by atoms with E-state index in [9.17, 15) is 20.2 Å². The summed E-state index contributed by atoms with van der Waals surface area (Å²) in [6.07, 6.45) is -0.812. The van der Waals surface area contributed by atoms with Crippen LogP contribution in [0.5, 0.6) is 0 Å². The van der Waals surface area contributed by atoms with Gasteiger partial charge in [0.2, 0.25) is 0 Å². The third-order valence-electron chi connectivity index (χ3n) is 3.20. The molecule has 2 atom stereocenters. The highest BCUT2D eigenvalue weighted by Crippen LogP contribution is 2.22. The predicted molar refractivity (Wildman–Crippen MR) is 88.7 cm³/mol. The van der Waals surface area contributed by atoms with E-state index in [0.29, 0.717) is 38.7 Å². The molecular weight excluding hydrogens is 356 g/mol. The minimum absolute atomic E-state index is 0.0222. The molecule has 0 aromatic rings. The Morgan fingerprint density at radius 2 is 1.40 bits per heavy atom. The number of nitrogens with zero attached hydrogens (tertiary/aromatic N) is 2. The van der Waals surface area contributed by atoms with E-state index < -0.39 is 31.2 Å². The van der Waals surface area contributed by atoms with Crippen molar-refractivity contribution in [2.45, 2.75) is 65.2 Å². The summed E-state index contributed by atoms with van der Waals surface area (Å²) in [5.74, 6) is 0. The van der Waals surface area contributed by atoms with Crippen molar-refractivity contribution in [2.24, 2.45) is 0 Å². The van der Waals surface area contributed by atoms with Gasteiger partial charge in [-0.2, -0.15) is 0 Å². The van der Waals surface area contributed by atoms with Crippen LogP contribution in [-0.2, 0) is 23.0 Å². The molecule has 0 aromatic carbocycles. The van der Waals surface area contributed by atoms with E-state index in [-0.39, 0.29) is 6.42 Å². The van der Waals surface area contributed by atoms with E-state index in [1.54, 1.807) is 0 Å². The van der Waals surface area contributed by atoms with Gasteiger partial charge in [-0.1, -0.05) is 0 Å². The van der Waals surface area contributed by atoms with Crippen molar-refractivity contribution >= 4 is 8.80 Å². The van der Waals surface area contributed by atoms with Crippen LogP contribution in [-0.4, -0.2) is 51.0 Å². The van der Waals surface area contributed by atoms with Crippen LogP contribution >= 0.6 is 0 Å². The van der Waals surface area contributed by atoms with Crippen molar-refractivity contribution in [1.29, 1.82) is 0 Å². The van der Waals surface area contributed by atoms with E-state index in [1.807, 2.05) is 20.8 Å². The van der Waals surface area contributed by atoms with E-state index >= 15 is 0 Å². The third kappa shape index (κ3) is 10.9. The first kappa shape index (κ1) is 23.5. The monoisotopic (exact) mass is 384 g/mol. The zero-order chi connectivity index (χ0) is 19.3. The molecule has 148 valence electrons. The molecule has 11 nitrogen and oxygen atoms in total. The maximum atomic E-state index is 10.6. The smallest absolute Gasteiger partial charge is 0.374 e. The molecule has 0 aromatic heterocycles. The van der Waals surface area contributed by atoms with E-state index in [2.05, 4.69) is 9.68 Å². The number of hydrogen-bond acceptors (Lipinski definition) is 9. The van der Waals surface area contributed by atoms with Gasteiger partial charge in [-0.05, 0) is 40.5 Å². The van der Waals surface area contributed by atoms with E-state index in [4.69, 9.17) is 13.3 Å². The highest BCUT2D eigenvalue weighted by atomic mass is 28.4. The van der Waals surface area contributed by atoms with Crippen molar-refractivity contribution in [3.8, 4) is 0 Å². The largest absolute Gasteiger partial charge is 0.500 e. The molecule has 0 saturated carbocycles. The minimum Gasteiger partial charge on any atom is -0.374 e. The fraction of sp³-hybridized carbons (Fsp3) is 1.00. The molecule has 12 heteroatoms. The van der Waals surface area contributed by atoms with Gasteiger partial charge in [0.15, 0.2) is 0 Å². The second-order valence-electron chi connectivity index (χ2n) is 5.20. The molecule has 0 radical (unpaired) electrons. The molecular formula is C13H28N2O9Si. The van der Waals surface area contributed by atoms with Gasteiger partial charge in [-0.3, -0.25) is 0 Å². The molecule has 0 aliphatic heterocycles. The average molecular weight is 384 g/mol. The lowest BCUT2D eigenvalue weighted by atomic mass is 10.1. The average Bonchev–Trinajstić information content (AvgIpc) is 2.46. The Morgan fingerprint density at radius 1 is 0.920 bits per heavy atom. The quantitative estimate of drug-likeness (QED) is 0.223. The van der Waals surface area contributed by atoms with Crippen LogP contribution in [0.1, 0.15) is 47.0 Å². The zero-order valence-electron chi connectivity index (χ0n) is 15.2. The van der Waals surface area contributed by atoms with Crippen LogP contribution in [0.2, 0.25) is 6.04 Å². The summed E-state index contributed by atoms with van der Waals surface area (Å²) in [6.45, 7) is 8.30. The van der Waals surface area contributed by atoms with Gasteiger partial charge in [0.05, 0.1) is 0 Å². The van der Waals surface area contributed by atoms with Gasteiger partial charge in [0, 0.05) is 32.3 Å². The first-order chi connectivity index (χ1) is 11.8. The minimum atomic E-state index is -2.83. The van der Waals surface area contributed by atoms with Crippen LogP contribution in [0, 0.1) is 20.2 Å². The maximum Gasteiger partial charge on any atom is 0.500 e. The Kier molecular flexibility index (Phi) is 12.0. The lowest BCUT2D eigenvalue weighted by molar-refractivity contribution is -0.778. The van der Waals surface area contributed by atoms with Crippen LogP contribution in [0.3, 0.4) is 0 Å². The summed E-state index contributed by atoms with van der Waals surface area (Å²) < 4.78 is 17.1. The van der Waals surface area contributed by atoms with Crippen molar-refractivity contribution in [2.75, 3.05) is 19.8 Å². The van der Waals surface area contributed by atoms with Crippen LogP contribution in [0.25, 0.3) is 0 Å². The van der Waals surface area contributed by atoms with Crippen molar-refractivity contribution < 1.29 is 33.1 Å². The van der Waals surface area contributed by atoms with E-state index in [1.165, 1.54) is 6.92 Å². The number of hydrogen-bond donors (Lipinski definition) is 0. The molecule has 0 saturated heterocycles. The fourth-order valence-corrected chi connectivity index (χ4v) is 5.08. The molecule has 0 aliphatic carbocycles. The lowest BCUT2D eigenvalue weighted by Crippen LogP contribution is -2.46. The molecule has 25 heavy (non-hydrogen) atoms. The molecule has 0 rings (SSSR count). The van der Waals surface area contributed by atoms with Gasteiger partial charge in [0.25, 0.3) is 10.2 Å². The first-order valence-electron chi connectivity index (χ1n) is 8.32. The van der Waals surface area contributed by atoms with Gasteiger partial charge in [0.1, 0.15) is 12.2 Å². The third-order valence-corrected chi connectivity index (χ3v) is 6.35. The first-order valence-corrected chi connectivity index (χ1v) is 10.3.